The maximum atomic E-state index is 12.7. The second-order valence-corrected chi connectivity index (χ2v) is 8.92. The maximum absolute atomic E-state index is 12.7. The van der Waals surface area contributed by atoms with Gasteiger partial charge in [-0.25, -0.2) is 0 Å². The fraction of sp³-hybridized carbons (Fsp3) is 0.318. The number of hydrogen-bond donors (Lipinski definition) is 0. The second kappa shape index (κ2) is 7.91. The third kappa shape index (κ3) is 4.79. The molecule has 7 heteroatoms. The Balaban J connectivity index is 1.83. The van der Waals surface area contributed by atoms with Gasteiger partial charge >= 0.3 is 5.97 Å². The third-order valence-corrected chi connectivity index (χ3v) is 5.32. The van der Waals surface area contributed by atoms with Gasteiger partial charge in [-0.3, -0.25) is 19.3 Å². The van der Waals surface area contributed by atoms with E-state index in [2.05, 4.69) is 13.0 Å². The predicted octanol–water partition coefficient (Wildman–Crippen LogP) is 4.47. The second-order valence-electron chi connectivity index (χ2n) is 7.93. The number of ether oxygens (including phenoxy) is 1. The van der Waals surface area contributed by atoms with Crippen molar-refractivity contribution in [2.24, 2.45) is 0 Å². The molecule has 6 nitrogen and oxygen atoms in total. The number of aryl methyl sites for hydroxylation is 2. The molecule has 1 aliphatic heterocycles. The van der Waals surface area contributed by atoms with E-state index in [1.807, 2.05) is 42.0 Å². The van der Waals surface area contributed by atoms with Crippen LogP contribution in [0.25, 0.3) is 11.8 Å². The van der Waals surface area contributed by atoms with Crippen LogP contribution in [0.2, 0.25) is 0 Å². The van der Waals surface area contributed by atoms with Crippen molar-refractivity contribution in [1.29, 1.82) is 0 Å². The molecule has 2 heterocycles. The maximum Gasteiger partial charge on any atom is 0.326 e. The van der Waals surface area contributed by atoms with Crippen LogP contribution in [0, 0.1) is 13.8 Å². The monoisotopic (exact) mass is 412 g/mol. The molecule has 2 aromatic rings. The van der Waals surface area contributed by atoms with Crippen LogP contribution < -0.4 is 0 Å². The van der Waals surface area contributed by atoms with Crippen molar-refractivity contribution in [3.05, 3.63) is 58.3 Å². The molecule has 1 aliphatic rings. The molecular weight excluding hydrogens is 388 g/mol. The molecule has 0 aliphatic carbocycles. The van der Waals surface area contributed by atoms with Crippen LogP contribution in [-0.4, -0.2) is 38.7 Å². The summed E-state index contributed by atoms with van der Waals surface area (Å²) in [6, 6.07) is 9.88. The van der Waals surface area contributed by atoms with Crippen molar-refractivity contribution in [1.82, 2.24) is 9.47 Å². The highest BCUT2D eigenvalue weighted by atomic mass is 32.2. The largest absolute Gasteiger partial charge is 0.459 e. The normalized spacial score (nSPS) is 16.0. The summed E-state index contributed by atoms with van der Waals surface area (Å²) in [6.45, 7) is 8.91. The zero-order valence-corrected chi connectivity index (χ0v) is 18.0. The van der Waals surface area contributed by atoms with Crippen LogP contribution in [0.5, 0.6) is 0 Å². The van der Waals surface area contributed by atoms with Crippen LogP contribution >= 0.6 is 11.8 Å². The molecule has 29 heavy (non-hydrogen) atoms. The Morgan fingerprint density at radius 2 is 1.86 bits per heavy atom. The number of nitrogens with zero attached hydrogens (tertiary/aromatic N) is 2. The zero-order chi connectivity index (χ0) is 21.3. The Hall–Kier alpha value is -2.80. The molecule has 2 amide bonds. The average Bonchev–Trinajstić information content (AvgIpc) is 3.16. The molecule has 0 N–H and O–H groups in total. The number of carbonyl (C=O) groups is 3. The first kappa shape index (κ1) is 20.9. The van der Waals surface area contributed by atoms with Crippen molar-refractivity contribution in [2.75, 3.05) is 6.54 Å². The van der Waals surface area contributed by atoms with E-state index in [1.54, 1.807) is 26.8 Å². The summed E-state index contributed by atoms with van der Waals surface area (Å²) in [5.74, 6) is -1.10. The Labute approximate surface area is 174 Å². The predicted molar refractivity (Wildman–Crippen MR) is 114 cm³/mol. The quantitative estimate of drug-likeness (QED) is 0.547. The van der Waals surface area contributed by atoms with Gasteiger partial charge in [0.1, 0.15) is 12.1 Å². The van der Waals surface area contributed by atoms with Crippen molar-refractivity contribution in [3.63, 3.8) is 0 Å². The molecule has 3 rings (SSSR count). The molecule has 152 valence electrons. The summed E-state index contributed by atoms with van der Waals surface area (Å²) in [5, 5.41) is -0.476. The molecule has 1 aromatic carbocycles. The first-order valence-electron chi connectivity index (χ1n) is 9.27. The molecular formula is C22H24N2O4S. The van der Waals surface area contributed by atoms with Gasteiger partial charge in [0.2, 0.25) is 0 Å². The van der Waals surface area contributed by atoms with Gasteiger partial charge in [0.05, 0.1) is 4.91 Å². The first-order chi connectivity index (χ1) is 13.5. The number of carbonyl (C=O) groups excluding carboxylic acids is 3. The van der Waals surface area contributed by atoms with Crippen molar-refractivity contribution in [3.8, 4) is 5.69 Å². The van der Waals surface area contributed by atoms with Crippen LogP contribution in [0.4, 0.5) is 4.79 Å². The summed E-state index contributed by atoms with van der Waals surface area (Å²) < 4.78 is 7.17. The summed E-state index contributed by atoms with van der Waals surface area (Å²) in [7, 11) is 0. The van der Waals surface area contributed by atoms with Crippen molar-refractivity contribution < 1.29 is 19.1 Å². The Bertz CT molecular complexity index is 1010. The van der Waals surface area contributed by atoms with Crippen LogP contribution in [-0.2, 0) is 14.3 Å². The van der Waals surface area contributed by atoms with E-state index >= 15 is 0 Å². The van der Waals surface area contributed by atoms with Gasteiger partial charge in [-0.2, -0.15) is 0 Å². The van der Waals surface area contributed by atoms with Crippen LogP contribution in [0.1, 0.15) is 37.6 Å². The topological polar surface area (TPSA) is 68.6 Å². The molecule has 0 saturated carbocycles. The average molecular weight is 413 g/mol. The minimum Gasteiger partial charge on any atom is -0.459 e. The molecule has 1 saturated heterocycles. The van der Waals surface area contributed by atoms with Crippen LogP contribution in [0.3, 0.4) is 0 Å². The van der Waals surface area contributed by atoms with Gasteiger partial charge in [0, 0.05) is 17.6 Å². The Morgan fingerprint density at radius 1 is 1.14 bits per heavy atom. The molecule has 0 atom stereocenters. The number of imide groups is 1. The summed E-state index contributed by atoms with van der Waals surface area (Å²) in [4.78, 5) is 38.2. The standard InChI is InChI=1S/C22H24N2O4S/c1-14-8-9-17(11-15(14)2)23-10-6-7-16(23)12-18-20(26)24(21(27)29-18)13-19(25)28-22(3,4)5/h6-12H,13H2,1-5H3. The lowest BCUT2D eigenvalue weighted by molar-refractivity contribution is -0.156. The van der Waals surface area contributed by atoms with Gasteiger partial charge in [0.25, 0.3) is 11.1 Å². The lowest BCUT2D eigenvalue weighted by Crippen LogP contribution is -2.37. The highest BCUT2D eigenvalue weighted by Crippen LogP contribution is 2.32. The Morgan fingerprint density at radius 3 is 2.52 bits per heavy atom. The number of esters is 1. The number of hydrogen-bond acceptors (Lipinski definition) is 5. The number of amides is 2. The van der Waals surface area contributed by atoms with Gasteiger partial charge < -0.3 is 9.30 Å². The highest BCUT2D eigenvalue weighted by molar-refractivity contribution is 8.18. The third-order valence-electron chi connectivity index (χ3n) is 4.41. The summed E-state index contributed by atoms with van der Waals surface area (Å²) in [6.07, 6.45) is 3.58. The minimum absolute atomic E-state index is 0.280. The Kier molecular flexibility index (Phi) is 5.71. The molecule has 0 bridgehead atoms. The van der Waals surface area contributed by atoms with Gasteiger partial charge in [-0.15, -0.1) is 0 Å². The fourth-order valence-corrected chi connectivity index (χ4v) is 3.72. The number of thioether (sulfide) groups is 1. The van der Waals surface area contributed by atoms with Gasteiger partial charge in [0.15, 0.2) is 0 Å². The van der Waals surface area contributed by atoms with E-state index < -0.39 is 29.3 Å². The molecule has 1 fully saturated rings. The van der Waals surface area contributed by atoms with E-state index in [1.165, 1.54) is 11.1 Å². The fourth-order valence-electron chi connectivity index (χ4n) is 2.90. The van der Waals surface area contributed by atoms with E-state index in [4.69, 9.17) is 4.74 Å². The molecule has 0 radical (unpaired) electrons. The number of rotatable bonds is 4. The van der Waals surface area contributed by atoms with E-state index in [0.29, 0.717) is 0 Å². The highest BCUT2D eigenvalue weighted by Gasteiger charge is 2.37. The zero-order valence-electron chi connectivity index (χ0n) is 17.2. The van der Waals surface area contributed by atoms with E-state index in [9.17, 15) is 14.4 Å². The van der Waals surface area contributed by atoms with E-state index in [0.717, 1.165) is 28.0 Å². The van der Waals surface area contributed by atoms with E-state index in [-0.39, 0.29) is 4.91 Å². The number of benzene rings is 1. The molecule has 0 unspecified atom stereocenters. The lowest BCUT2D eigenvalue weighted by Gasteiger charge is -2.21. The SMILES string of the molecule is Cc1ccc(-n2cccc2C=C2SC(=O)N(CC(=O)OC(C)(C)C)C2=O)cc1C. The smallest absolute Gasteiger partial charge is 0.326 e. The lowest BCUT2D eigenvalue weighted by atomic mass is 10.1. The molecule has 1 aromatic heterocycles. The first-order valence-corrected chi connectivity index (χ1v) is 10.1. The van der Waals surface area contributed by atoms with Crippen LogP contribution in [0.15, 0.2) is 41.4 Å². The summed E-state index contributed by atoms with van der Waals surface area (Å²) >= 11 is 0.827. The van der Waals surface area contributed by atoms with Crippen molar-refractivity contribution >= 4 is 35.0 Å². The van der Waals surface area contributed by atoms with Crippen molar-refractivity contribution in [2.45, 2.75) is 40.2 Å². The summed E-state index contributed by atoms with van der Waals surface area (Å²) in [5.41, 5.74) is 3.43. The van der Waals surface area contributed by atoms with Gasteiger partial charge in [-0.1, -0.05) is 6.07 Å². The minimum atomic E-state index is -0.679. The number of aromatic nitrogens is 1. The molecule has 0 spiro atoms. The van der Waals surface area contributed by atoms with Gasteiger partial charge in [-0.05, 0) is 87.8 Å².